The molecular formula is C13H18FN. The van der Waals surface area contributed by atoms with Crippen LogP contribution < -0.4 is 5.32 Å². The summed E-state index contributed by atoms with van der Waals surface area (Å²) in [6.45, 7) is 5.55. The van der Waals surface area contributed by atoms with Gasteiger partial charge < -0.3 is 5.32 Å². The van der Waals surface area contributed by atoms with Gasteiger partial charge in [-0.15, -0.1) is 0 Å². The van der Waals surface area contributed by atoms with Crippen molar-refractivity contribution in [3.05, 3.63) is 35.6 Å². The van der Waals surface area contributed by atoms with Gasteiger partial charge in [0.15, 0.2) is 0 Å². The SMILES string of the molecule is CC(C)C1(Cc2cccc(F)c2)CCN1. The van der Waals surface area contributed by atoms with Crippen molar-refractivity contribution >= 4 is 0 Å². The Morgan fingerprint density at radius 2 is 2.20 bits per heavy atom. The molecule has 0 amide bonds. The fourth-order valence-corrected chi connectivity index (χ4v) is 2.31. The van der Waals surface area contributed by atoms with Crippen LogP contribution in [0.25, 0.3) is 0 Å². The topological polar surface area (TPSA) is 12.0 Å². The van der Waals surface area contributed by atoms with E-state index in [-0.39, 0.29) is 11.4 Å². The highest BCUT2D eigenvalue weighted by Crippen LogP contribution is 2.31. The Kier molecular flexibility index (Phi) is 2.79. The predicted octanol–water partition coefficient (Wildman–Crippen LogP) is 2.76. The number of hydrogen-bond acceptors (Lipinski definition) is 1. The average Bonchev–Trinajstić information content (AvgIpc) is 2.11. The first-order chi connectivity index (χ1) is 7.12. The molecule has 0 spiro atoms. The Morgan fingerprint density at radius 1 is 1.47 bits per heavy atom. The number of rotatable bonds is 3. The molecule has 0 aliphatic carbocycles. The van der Waals surface area contributed by atoms with E-state index in [2.05, 4.69) is 19.2 Å². The van der Waals surface area contributed by atoms with Crippen LogP contribution in [0.3, 0.4) is 0 Å². The molecule has 1 heterocycles. The van der Waals surface area contributed by atoms with Crippen molar-refractivity contribution < 1.29 is 4.39 Å². The Morgan fingerprint density at radius 3 is 2.67 bits per heavy atom. The third-order valence-electron chi connectivity index (χ3n) is 3.56. The van der Waals surface area contributed by atoms with Gasteiger partial charge in [-0.25, -0.2) is 4.39 Å². The summed E-state index contributed by atoms with van der Waals surface area (Å²) in [6, 6.07) is 6.94. The lowest BCUT2D eigenvalue weighted by Gasteiger charge is -2.47. The van der Waals surface area contributed by atoms with Crippen LogP contribution in [0.5, 0.6) is 0 Å². The summed E-state index contributed by atoms with van der Waals surface area (Å²) in [6.07, 6.45) is 2.13. The molecule has 1 unspecified atom stereocenters. The van der Waals surface area contributed by atoms with E-state index in [1.807, 2.05) is 6.07 Å². The maximum atomic E-state index is 13.0. The molecule has 1 aromatic carbocycles. The lowest BCUT2D eigenvalue weighted by atomic mass is 9.73. The highest BCUT2D eigenvalue weighted by atomic mass is 19.1. The highest BCUT2D eigenvalue weighted by Gasteiger charge is 2.39. The molecule has 1 aromatic rings. The van der Waals surface area contributed by atoms with Gasteiger partial charge in [0, 0.05) is 5.54 Å². The highest BCUT2D eigenvalue weighted by molar-refractivity contribution is 5.21. The summed E-state index contributed by atoms with van der Waals surface area (Å²) >= 11 is 0. The standard InChI is InChI=1S/C13H18FN/c1-10(2)13(6-7-15-13)9-11-4-3-5-12(14)8-11/h3-5,8,10,15H,6-7,9H2,1-2H3. The van der Waals surface area contributed by atoms with Gasteiger partial charge in [0.25, 0.3) is 0 Å². The summed E-state index contributed by atoms with van der Waals surface area (Å²) in [5, 5.41) is 3.50. The Labute approximate surface area is 90.7 Å². The van der Waals surface area contributed by atoms with Crippen molar-refractivity contribution in [2.45, 2.75) is 32.2 Å². The first-order valence-corrected chi connectivity index (χ1v) is 5.62. The molecule has 1 N–H and O–H groups in total. The molecule has 2 heteroatoms. The maximum absolute atomic E-state index is 13.0. The smallest absolute Gasteiger partial charge is 0.123 e. The molecular weight excluding hydrogens is 189 g/mol. The number of halogens is 1. The molecule has 1 fully saturated rings. The molecule has 0 bridgehead atoms. The van der Waals surface area contributed by atoms with Gasteiger partial charge in [-0.05, 0) is 43.0 Å². The first-order valence-electron chi connectivity index (χ1n) is 5.62. The average molecular weight is 207 g/mol. The van der Waals surface area contributed by atoms with Gasteiger partial charge in [0.2, 0.25) is 0 Å². The zero-order valence-electron chi connectivity index (χ0n) is 9.39. The van der Waals surface area contributed by atoms with Crippen LogP contribution in [0.1, 0.15) is 25.8 Å². The fourth-order valence-electron chi connectivity index (χ4n) is 2.31. The van der Waals surface area contributed by atoms with E-state index < -0.39 is 0 Å². The van der Waals surface area contributed by atoms with Crippen LogP contribution in [-0.2, 0) is 6.42 Å². The van der Waals surface area contributed by atoms with E-state index in [0.717, 1.165) is 18.5 Å². The minimum Gasteiger partial charge on any atom is -0.311 e. The quantitative estimate of drug-likeness (QED) is 0.803. The molecule has 0 aromatic heterocycles. The van der Waals surface area contributed by atoms with Crippen molar-refractivity contribution in [3.63, 3.8) is 0 Å². The zero-order chi connectivity index (χ0) is 10.9. The van der Waals surface area contributed by atoms with E-state index in [1.54, 1.807) is 12.1 Å². The summed E-state index contributed by atoms with van der Waals surface area (Å²) in [5.74, 6) is 0.459. The third-order valence-corrected chi connectivity index (χ3v) is 3.56. The molecule has 1 nitrogen and oxygen atoms in total. The molecule has 15 heavy (non-hydrogen) atoms. The Hall–Kier alpha value is -0.890. The lowest BCUT2D eigenvalue weighted by Crippen LogP contribution is -2.61. The molecule has 2 rings (SSSR count). The van der Waals surface area contributed by atoms with E-state index >= 15 is 0 Å². The lowest BCUT2D eigenvalue weighted by molar-refractivity contribution is 0.139. The molecule has 1 saturated heterocycles. The van der Waals surface area contributed by atoms with Crippen LogP contribution in [0.2, 0.25) is 0 Å². The van der Waals surface area contributed by atoms with Gasteiger partial charge >= 0.3 is 0 Å². The number of hydrogen-bond donors (Lipinski definition) is 1. The monoisotopic (exact) mass is 207 g/mol. The molecule has 1 aliphatic rings. The van der Waals surface area contributed by atoms with Crippen molar-refractivity contribution in [2.75, 3.05) is 6.54 Å². The molecule has 1 aliphatic heterocycles. The normalized spacial score (nSPS) is 25.3. The van der Waals surface area contributed by atoms with E-state index in [0.29, 0.717) is 5.92 Å². The molecule has 1 atom stereocenters. The summed E-state index contributed by atoms with van der Waals surface area (Å²) in [5.41, 5.74) is 1.30. The van der Waals surface area contributed by atoms with Gasteiger partial charge in [-0.2, -0.15) is 0 Å². The Balaban J connectivity index is 2.13. The minimum atomic E-state index is -0.134. The van der Waals surface area contributed by atoms with Gasteiger partial charge in [-0.1, -0.05) is 26.0 Å². The van der Waals surface area contributed by atoms with Crippen LogP contribution in [0, 0.1) is 11.7 Å². The number of nitrogens with one attached hydrogen (secondary N) is 1. The fraction of sp³-hybridized carbons (Fsp3) is 0.538. The van der Waals surface area contributed by atoms with Crippen molar-refractivity contribution in [1.82, 2.24) is 5.32 Å². The maximum Gasteiger partial charge on any atom is 0.123 e. The van der Waals surface area contributed by atoms with Crippen molar-refractivity contribution in [2.24, 2.45) is 5.92 Å². The second-order valence-corrected chi connectivity index (χ2v) is 4.79. The summed E-state index contributed by atoms with van der Waals surface area (Å²) < 4.78 is 13.0. The Bertz CT molecular complexity index is 342. The van der Waals surface area contributed by atoms with Crippen molar-refractivity contribution in [1.29, 1.82) is 0 Å². The molecule has 0 radical (unpaired) electrons. The summed E-state index contributed by atoms with van der Waals surface area (Å²) in [7, 11) is 0. The molecule has 82 valence electrons. The van der Waals surface area contributed by atoms with Gasteiger partial charge in [0.05, 0.1) is 0 Å². The van der Waals surface area contributed by atoms with Crippen molar-refractivity contribution in [3.8, 4) is 0 Å². The third kappa shape index (κ3) is 2.05. The predicted molar refractivity (Wildman–Crippen MR) is 60.3 cm³/mol. The van der Waals surface area contributed by atoms with Crippen LogP contribution >= 0.6 is 0 Å². The second-order valence-electron chi connectivity index (χ2n) is 4.79. The minimum absolute atomic E-state index is 0.134. The van der Waals surface area contributed by atoms with E-state index in [1.165, 1.54) is 12.5 Å². The van der Waals surface area contributed by atoms with Crippen LogP contribution in [-0.4, -0.2) is 12.1 Å². The largest absolute Gasteiger partial charge is 0.311 e. The number of benzene rings is 1. The second kappa shape index (κ2) is 3.93. The van der Waals surface area contributed by atoms with E-state index in [9.17, 15) is 4.39 Å². The van der Waals surface area contributed by atoms with E-state index in [4.69, 9.17) is 0 Å². The molecule has 0 saturated carbocycles. The van der Waals surface area contributed by atoms with Gasteiger partial charge in [-0.3, -0.25) is 0 Å². The van der Waals surface area contributed by atoms with Crippen LogP contribution in [0.4, 0.5) is 4.39 Å². The summed E-state index contributed by atoms with van der Waals surface area (Å²) in [4.78, 5) is 0. The first kappa shape index (κ1) is 10.6. The zero-order valence-corrected chi connectivity index (χ0v) is 9.39. The van der Waals surface area contributed by atoms with Gasteiger partial charge in [0.1, 0.15) is 5.82 Å². The van der Waals surface area contributed by atoms with Crippen LogP contribution in [0.15, 0.2) is 24.3 Å².